The Morgan fingerprint density at radius 1 is 1.20 bits per heavy atom. The minimum Gasteiger partial charge on any atom is -0.399 e. The summed E-state index contributed by atoms with van der Waals surface area (Å²) >= 11 is 0. The van der Waals surface area contributed by atoms with Crippen LogP contribution in [0.1, 0.15) is 25.3 Å². The average Bonchev–Trinajstić information content (AvgIpc) is 2.63. The third-order valence-corrected chi connectivity index (χ3v) is 4.49. The third kappa shape index (κ3) is 4.83. The van der Waals surface area contributed by atoms with Crippen molar-refractivity contribution in [3.05, 3.63) is 54.2 Å². The maximum atomic E-state index is 12.0. The zero-order chi connectivity index (χ0) is 17.6. The smallest absolute Gasteiger partial charge is 0.248 e. The van der Waals surface area contributed by atoms with Gasteiger partial charge < -0.3 is 16.0 Å². The lowest BCUT2D eigenvalue weighted by molar-refractivity contribution is -0.111. The molecule has 0 unspecified atom stereocenters. The molecule has 0 saturated carbocycles. The number of aromatic nitrogens is 1. The van der Waals surface area contributed by atoms with Crippen LogP contribution >= 0.6 is 0 Å². The lowest BCUT2D eigenvalue weighted by Crippen LogP contribution is -2.33. The Kier molecular flexibility index (Phi) is 5.33. The van der Waals surface area contributed by atoms with E-state index in [1.54, 1.807) is 12.3 Å². The van der Waals surface area contributed by atoms with Crippen LogP contribution in [0.15, 0.2) is 48.7 Å². The van der Waals surface area contributed by atoms with Gasteiger partial charge in [0.2, 0.25) is 5.91 Å². The van der Waals surface area contributed by atoms with E-state index in [4.69, 9.17) is 5.73 Å². The number of hydrogen-bond donors (Lipinski definition) is 2. The number of nitrogens with one attached hydrogen (secondary N) is 1. The normalized spacial score (nSPS) is 15.5. The van der Waals surface area contributed by atoms with E-state index in [0.29, 0.717) is 11.4 Å². The van der Waals surface area contributed by atoms with Crippen molar-refractivity contribution in [2.24, 2.45) is 5.92 Å². The van der Waals surface area contributed by atoms with E-state index >= 15 is 0 Å². The number of anilines is 3. The number of nitrogen functional groups attached to an aromatic ring is 1. The van der Waals surface area contributed by atoms with Gasteiger partial charge in [-0.2, -0.15) is 0 Å². The molecule has 5 heteroatoms. The lowest BCUT2D eigenvalue weighted by atomic mass is 9.99. The minimum absolute atomic E-state index is 0.182. The number of pyridine rings is 1. The molecule has 1 aliphatic rings. The molecule has 5 nitrogen and oxygen atoms in total. The monoisotopic (exact) mass is 336 g/mol. The van der Waals surface area contributed by atoms with E-state index in [1.165, 1.54) is 18.9 Å². The number of carbonyl (C=O) groups excluding carboxylic acids is 1. The van der Waals surface area contributed by atoms with E-state index in [-0.39, 0.29) is 5.91 Å². The summed E-state index contributed by atoms with van der Waals surface area (Å²) in [5.74, 6) is 1.59. The Bertz CT molecular complexity index is 729. The van der Waals surface area contributed by atoms with E-state index in [9.17, 15) is 4.79 Å². The first-order valence-corrected chi connectivity index (χ1v) is 8.66. The molecule has 1 fully saturated rings. The van der Waals surface area contributed by atoms with Crippen molar-refractivity contribution in [1.82, 2.24) is 4.98 Å². The molecule has 0 aliphatic carbocycles. The summed E-state index contributed by atoms with van der Waals surface area (Å²) in [7, 11) is 0. The molecule has 0 spiro atoms. The van der Waals surface area contributed by atoms with Gasteiger partial charge in [0.1, 0.15) is 5.82 Å². The molecule has 1 aromatic carbocycles. The van der Waals surface area contributed by atoms with Crippen molar-refractivity contribution in [3.63, 3.8) is 0 Å². The molecule has 3 rings (SSSR count). The van der Waals surface area contributed by atoms with Crippen LogP contribution in [-0.2, 0) is 4.79 Å². The predicted molar refractivity (Wildman–Crippen MR) is 103 cm³/mol. The first-order chi connectivity index (χ1) is 12.1. The molecule has 2 heterocycles. The number of rotatable bonds is 4. The highest BCUT2D eigenvalue weighted by Gasteiger charge is 2.16. The second-order valence-electron chi connectivity index (χ2n) is 6.56. The summed E-state index contributed by atoms with van der Waals surface area (Å²) in [6.45, 7) is 4.38. The molecule has 0 atom stereocenters. The average molecular weight is 336 g/mol. The molecule has 3 N–H and O–H groups in total. The largest absolute Gasteiger partial charge is 0.399 e. The fourth-order valence-corrected chi connectivity index (χ4v) is 2.85. The molecular weight excluding hydrogens is 312 g/mol. The Hall–Kier alpha value is -2.82. The molecule has 1 saturated heterocycles. The van der Waals surface area contributed by atoms with Gasteiger partial charge in [-0.15, -0.1) is 0 Å². The fraction of sp³-hybridized carbons (Fsp3) is 0.300. The van der Waals surface area contributed by atoms with Gasteiger partial charge in [0.05, 0.1) is 11.9 Å². The number of nitrogens with zero attached hydrogens (tertiary/aromatic N) is 2. The van der Waals surface area contributed by atoms with Crippen LogP contribution in [-0.4, -0.2) is 24.0 Å². The molecule has 1 aromatic heterocycles. The van der Waals surface area contributed by atoms with E-state index < -0.39 is 0 Å². The maximum absolute atomic E-state index is 12.0. The highest BCUT2D eigenvalue weighted by molar-refractivity contribution is 6.01. The second-order valence-corrected chi connectivity index (χ2v) is 6.56. The fourth-order valence-electron chi connectivity index (χ4n) is 2.85. The van der Waals surface area contributed by atoms with Crippen molar-refractivity contribution >= 4 is 29.2 Å². The van der Waals surface area contributed by atoms with Gasteiger partial charge in [-0.25, -0.2) is 4.98 Å². The highest BCUT2D eigenvalue weighted by Crippen LogP contribution is 2.22. The van der Waals surface area contributed by atoms with Crippen molar-refractivity contribution in [3.8, 4) is 0 Å². The molecule has 130 valence electrons. The van der Waals surface area contributed by atoms with Crippen molar-refractivity contribution in [2.45, 2.75) is 19.8 Å². The van der Waals surface area contributed by atoms with Gasteiger partial charge >= 0.3 is 0 Å². The summed E-state index contributed by atoms with van der Waals surface area (Å²) in [5, 5.41) is 2.83. The molecule has 0 bridgehead atoms. The number of piperidine rings is 1. The van der Waals surface area contributed by atoms with E-state index in [0.717, 1.165) is 30.4 Å². The zero-order valence-electron chi connectivity index (χ0n) is 14.5. The van der Waals surface area contributed by atoms with Gasteiger partial charge in [-0.1, -0.05) is 19.1 Å². The molecule has 2 aromatic rings. The summed E-state index contributed by atoms with van der Waals surface area (Å²) in [5.41, 5.74) is 7.97. The second kappa shape index (κ2) is 7.83. The number of nitrogens with two attached hydrogens (primary N) is 1. The molecule has 25 heavy (non-hydrogen) atoms. The zero-order valence-corrected chi connectivity index (χ0v) is 14.5. The van der Waals surface area contributed by atoms with Crippen LogP contribution in [0.25, 0.3) is 6.08 Å². The van der Waals surface area contributed by atoms with Crippen LogP contribution in [0.3, 0.4) is 0 Å². The predicted octanol–water partition coefficient (Wildman–Crippen LogP) is 3.55. The Morgan fingerprint density at radius 3 is 2.56 bits per heavy atom. The molecular formula is C20H24N4O. The van der Waals surface area contributed by atoms with E-state index in [2.05, 4.69) is 22.1 Å². The first-order valence-electron chi connectivity index (χ1n) is 8.66. The third-order valence-electron chi connectivity index (χ3n) is 4.49. The Labute approximate surface area is 148 Å². The summed E-state index contributed by atoms with van der Waals surface area (Å²) in [6.07, 6.45) is 7.38. The van der Waals surface area contributed by atoms with Crippen molar-refractivity contribution < 1.29 is 4.79 Å². The molecule has 1 amide bonds. The quantitative estimate of drug-likeness (QED) is 0.661. The standard InChI is InChI=1S/C20H24N4O/c1-15-10-12-24(13-11-15)19-8-7-18(14-22-19)23-20(25)9-4-16-2-5-17(21)6-3-16/h2-9,14-15H,10-13,21H2,1H3,(H,23,25)/b9-4+. The Morgan fingerprint density at radius 2 is 1.92 bits per heavy atom. The van der Waals surface area contributed by atoms with Crippen LogP contribution in [0.2, 0.25) is 0 Å². The number of carbonyl (C=O) groups is 1. The van der Waals surface area contributed by atoms with Gasteiger partial charge in [0.25, 0.3) is 0 Å². The number of amides is 1. The Balaban J connectivity index is 1.55. The first kappa shape index (κ1) is 17.0. The van der Waals surface area contributed by atoms with Gasteiger partial charge in [-0.3, -0.25) is 4.79 Å². The van der Waals surface area contributed by atoms with E-state index in [1.807, 2.05) is 36.4 Å². The van der Waals surface area contributed by atoms with Crippen molar-refractivity contribution in [2.75, 3.05) is 29.0 Å². The van der Waals surface area contributed by atoms with Crippen LogP contribution in [0.5, 0.6) is 0 Å². The molecule has 1 aliphatic heterocycles. The molecule has 0 radical (unpaired) electrons. The number of benzene rings is 1. The number of hydrogen-bond acceptors (Lipinski definition) is 4. The van der Waals surface area contributed by atoms with Gasteiger partial charge in [0, 0.05) is 24.9 Å². The van der Waals surface area contributed by atoms with Crippen LogP contribution in [0.4, 0.5) is 17.2 Å². The SMILES string of the molecule is CC1CCN(c2ccc(NC(=O)/C=C/c3ccc(N)cc3)cn2)CC1. The summed E-state index contributed by atoms with van der Waals surface area (Å²) < 4.78 is 0. The summed E-state index contributed by atoms with van der Waals surface area (Å²) in [4.78, 5) is 18.8. The minimum atomic E-state index is -0.182. The van der Waals surface area contributed by atoms with Gasteiger partial charge in [-0.05, 0) is 54.7 Å². The van der Waals surface area contributed by atoms with Crippen LogP contribution < -0.4 is 16.0 Å². The highest BCUT2D eigenvalue weighted by atomic mass is 16.1. The maximum Gasteiger partial charge on any atom is 0.248 e. The topological polar surface area (TPSA) is 71.2 Å². The van der Waals surface area contributed by atoms with Gasteiger partial charge in [0.15, 0.2) is 0 Å². The van der Waals surface area contributed by atoms with Crippen molar-refractivity contribution in [1.29, 1.82) is 0 Å². The summed E-state index contributed by atoms with van der Waals surface area (Å²) in [6, 6.07) is 11.2. The van der Waals surface area contributed by atoms with Crippen LogP contribution in [0, 0.1) is 5.92 Å². The lowest BCUT2D eigenvalue weighted by Gasteiger charge is -2.31.